The molecule has 2 heterocycles. The fourth-order valence-corrected chi connectivity index (χ4v) is 2.61. The Kier molecular flexibility index (Phi) is 4.67. The molecule has 2 rings (SSSR count). The third-order valence-electron chi connectivity index (χ3n) is 3.07. The fraction of sp³-hybridized carbons (Fsp3) is 0.583. The number of hydrogen-bond donors (Lipinski definition) is 1. The van der Waals surface area contributed by atoms with Crippen molar-refractivity contribution in [1.29, 1.82) is 0 Å². The molecule has 0 spiro atoms. The highest BCUT2D eigenvalue weighted by Gasteiger charge is 2.21. The fourth-order valence-electron chi connectivity index (χ4n) is 2.06. The van der Waals surface area contributed by atoms with Gasteiger partial charge in [0.2, 0.25) is 0 Å². The number of rotatable bonds is 5. The van der Waals surface area contributed by atoms with Crippen LogP contribution < -0.4 is 0 Å². The molecule has 0 radical (unpaired) electrons. The second kappa shape index (κ2) is 6.26. The Morgan fingerprint density at radius 3 is 2.82 bits per heavy atom. The highest BCUT2D eigenvalue weighted by Crippen LogP contribution is 2.11. The minimum atomic E-state index is -0.367. The van der Waals surface area contributed by atoms with Crippen LogP contribution in [0.4, 0.5) is 0 Å². The van der Waals surface area contributed by atoms with Gasteiger partial charge in [-0.3, -0.25) is 9.80 Å². The SMILES string of the molecule is C=CCC(O)N1CCN(Cc2cscn2)CC1. The first-order valence-corrected chi connectivity index (χ1v) is 6.86. The van der Waals surface area contributed by atoms with E-state index in [1.807, 2.05) is 5.51 Å². The summed E-state index contributed by atoms with van der Waals surface area (Å²) in [6, 6.07) is 0. The summed E-state index contributed by atoms with van der Waals surface area (Å²) in [7, 11) is 0. The summed E-state index contributed by atoms with van der Waals surface area (Å²) in [6.07, 6.45) is 2.05. The molecule has 0 aliphatic carbocycles. The lowest BCUT2D eigenvalue weighted by Crippen LogP contribution is -2.49. The van der Waals surface area contributed by atoms with E-state index < -0.39 is 0 Å². The van der Waals surface area contributed by atoms with Crippen molar-refractivity contribution in [3.8, 4) is 0 Å². The lowest BCUT2D eigenvalue weighted by atomic mass is 10.2. The van der Waals surface area contributed by atoms with Gasteiger partial charge in [-0.15, -0.1) is 17.9 Å². The number of piperazine rings is 1. The van der Waals surface area contributed by atoms with E-state index in [1.54, 1.807) is 17.4 Å². The summed E-state index contributed by atoms with van der Waals surface area (Å²) in [5, 5.41) is 11.9. The number of nitrogens with zero attached hydrogens (tertiary/aromatic N) is 3. The maximum Gasteiger partial charge on any atom is 0.110 e. The molecule has 0 saturated carbocycles. The number of aromatic nitrogens is 1. The lowest BCUT2D eigenvalue weighted by molar-refractivity contribution is -0.0241. The van der Waals surface area contributed by atoms with E-state index in [0.717, 1.165) is 38.4 Å². The molecular formula is C12H19N3OS. The van der Waals surface area contributed by atoms with Gasteiger partial charge < -0.3 is 5.11 Å². The molecule has 1 aliphatic rings. The normalized spacial score (nSPS) is 20.3. The predicted octanol–water partition coefficient (Wildman–Crippen LogP) is 1.16. The molecule has 1 N–H and O–H groups in total. The maximum atomic E-state index is 9.84. The smallest absolute Gasteiger partial charge is 0.110 e. The van der Waals surface area contributed by atoms with Crippen LogP contribution in [0.25, 0.3) is 0 Å². The Hall–Kier alpha value is -0.750. The molecule has 0 amide bonds. The van der Waals surface area contributed by atoms with Gasteiger partial charge in [-0.1, -0.05) is 6.08 Å². The summed E-state index contributed by atoms with van der Waals surface area (Å²) in [6.45, 7) is 8.40. The van der Waals surface area contributed by atoms with Gasteiger partial charge in [-0.05, 0) is 0 Å². The number of hydrogen-bond acceptors (Lipinski definition) is 5. The average Bonchev–Trinajstić information content (AvgIpc) is 2.83. The Balaban J connectivity index is 1.76. The highest BCUT2D eigenvalue weighted by atomic mass is 32.1. The van der Waals surface area contributed by atoms with Crippen molar-refractivity contribution in [3.05, 3.63) is 29.2 Å². The maximum absolute atomic E-state index is 9.84. The van der Waals surface area contributed by atoms with Crippen molar-refractivity contribution in [1.82, 2.24) is 14.8 Å². The molecule has 1 saturated heterocycles. The summed E-state index contributed by atoms with van der Waals surface area (Å²) >= 11 is 1.64. The second-order valence-corrected chi connectivity index (χ2v) is 5.02. The zero-order valence-corrected chi connectivity index (χ0v) is 10.8. The van der Waals surface area contributed by atoms with Crippen LogP contribution in [0.15, 0.2) is 23.5 Å². The van der Waals surface area contributed by atoms with Crippen LogP contribution in [-0.4, -0.2) is 52.3 Å². The van der Waals surface area contributed by atoms with Crippen LogP contribution in [0.2, 0.25) is 0 Å². The van der Waals surface area contributed by atoms with Gasteiger partial charge >= 0.3 is 0 Å². The number of aliphatic hydroxyl groups is 1. The molecule has 1 aromatic rings. The van der Waals surface area contributed by atoms with Crippen molar-refractivity contribution in [3.63, 3.8) is 0 Å². The van der Waals surface area contributed by atoms with E-state index >= 15 is 0 Å². The molecule has 1 fully saturated rings. The molecule has 94 valence electrons. The molecule has 1 unspecified atom stereocenters. The first kappa shape index (κ1) is 12.7. The van der Waals surface area contributed by atoms with Crippen LogP contribution in [0, 0.1) is 0 Å². The Morgan fingerprint density at radius 2 is 2.24 bits per heavy atom. The molecular weight excluding hydrogens is 234 g/mol. The van der Waals surface area contributed by atoms with E-state index in [2.05, 4.69) is 26.7 Å². The van der Waals surface area contributed by atoms with E-state index in [-0.39, 0.29) is 6.23 Å². The highest BCUT2D eigenvalue weighted by molar-refractivity contribution is 7.07. The van der Waals surface area contributed by atoms with Crippen LogP contribution in [0.5, 0.6) is 0 Å². The van der Waals surface area contributed by atoms with Crippen molar-refractivity contribution >= 4 is 11.3 Å². The molecule has 1 aliphatic heterocycles. The number of aliphatic hydroxyl groups excluding tert-OH is 1. The Morgan fingerprint density at radius 1 is 1.47 bits per heavy atom. The summed E-state index contributed by atoms with van der Waals surface area (Å²) in [5.41, 5.74) is 3.02. The quantitative estimate of drug-likeness (QED) is 0.799. The van der Waals surface area contributed by atoms with Crippen LogP contribution in [-0.2, 0) is 6.54 Å². The summed E-state index contributed by atoms with van der Waals surface area (Å²) in [4.78, 5) is 8.79. The minimum Gasteiger partial charge on any atom is -0.378 e. The third kappa shape index (κ3) is 3.61. The topological polar surface area (TPSA) is 39.6 Å². The van der Waals surface area contributed by atoms with Crippen molar-refractivity contribution in [2.45, 2.75) is 19.2 Å². The van der Waals surface area contributed by atoms with Crippen LogP contribution in [0.3, 0.4) is 0 Å². The van der Waals surface area contributed by atoms with Gasteiger partial charge in [0.15, 0.2) is 0 Å². The molecule has 0 aromatic carbocycles. The first-order valence-electron chi connectivity index (χ1n) is 5.92. The van der Waals surface area contributed by atoms with E-state index in [4.69, 9.17) is 0 Å². The second-order valence-electron chi connectivity index (χ2n) is 4.30. The van der Waals surface area contributed by atoms with Crippen LogP contribution >= 0.6 is 11.3 Å². The van der Waals surface area contributed by atoms with Crippen molar-refractivity contribution in [2.24, 2.45) is 0 Å². The monoisotopic (exact) mass is 253 g/mol. The Labute approximate surface area is 106 Å². The molecule has 1 atom stereocenters. The molecule has 0 bridgehead atoms. The van der Waals surface area contributed by atoms with Gasteiger partial charge in [0.25, 0.3) is 0 Å². The summed E-state index contributed by atoms with van der Waals surface area (Å²) in [5.74, 6) is 0. The van der Waals surface area contributed by atoms with Gasteiger partial charge in [-0.25, -0.2) is 4.98 Å². The van der Waals surface area contributed by atoms with Gasteiger partial charge in [0, 0.05) is 44.5 Å². The van der Waals surface area contributed by atoms with Crippen molar-refractivity contribution in [2.75, 3.05) is 26.2 Å². The largest absolute Gasteiger partial charge is 0.378 e. The lowest BCUT2D eigenvalue weighted by Gasteiger charge is -2.36. The van der Waals surface area contributed by atoms with E-state index in [0.29, 0.717) is 6.42 Å². The summed E-state index contributed by atoms with van der Waals surface area (Å²) < 4.78 is 0. The van der Waals surface area contributed by atoms with Gasteiger partial charge in [0.1, 0.15) is 6.23 Å². The van der Waals surface area contributed by atoms with Gasteiger partial charge in [-0.2, -0.15) is 0 Å². The standard InChI is InChI=1S/C12H19N3OS/c1-2-3-12(16)15-6-4-14(5-7-15)8-11-9-17-10-13-11/h2,9-10,12,16H,1,3-8H2. The molecule has 5 heteroatoms. The van der Waals surface area contributed by atoms with E-state index in [1.165, 1.54) is 0 Å². The van der Waals surface area contributed by atoms with Crippen molar-refractivity contribution < 1.29 is 5.11 Å². The third-order valence-corrected chi connectivity index (χ3v) is 3.71. The molecule has 17 heavy (non-hydrogen) atoms. The predicted molar refractivity (Wildman–Crippen MR) is 69.8 cm³/mol. The van der Waals surface area contributed by atoms with E-state index in [9.17, 15) is 5.11 Å². The molecule has 4 nitrogen and oxygen atoms in total. The Bertz CT molecular complexity index is 334. The van der Waals surface area contributed by atoms with Gasteiger partial charge in [0.05, 0.1) is 11.2 Å². The average molecular weight is 253 g/mol. The minimum absolute atomic E-state index is 0.367. The van der Waals surface area contributed by atoms with Crippen LogP contribution in [0.1, 0.15) is 12.1 Å². The molecule has 1 aromatic heterocycles. The zero-order valence-electron chi connectivity index (χ0n) is 9.96. The number of thiazole rings is 1. The first-order chi connectivity index (χ1) is 8.29. The zero-order chi connectivity index (χ0) is 12.1.